The van der Waals surface area contributed by atoms with Gasteiger partial charge in [-0.2, -0.15) is 0 Å². The van der Waals surface area contributed by atoms with E-state index in [1.165, 1.54) is 0 Å². The molecule has 1 saturated heterocycles. The van der Waals surface area contributed by atoms with Gasteiger partial charge < -0.3 is 16.0 Å². The van der Waals surface area contributed by atoms with Crippen LogP contribution in [0.4, 0.5) is 0 Å². The SMILES string of the molecule is CCCCNC(=O)C1CCCN(C(=O)[C@@H](N)C(C)(C)C)C1. The fraction of sp³-hybridized carbons (Fsp3) is 0.875. The molecule has 5 heteroatoms. The molecule has 0 saturated carbocycles. The van der Waals surface area contributed by atoms with Crippen molar-refractivity contribution < 1.29 is 9.59 Å². The molecular weight excluding hydrogens is 266 g/mol. The van der Waals surface area contributed by atoms with Gasteiger partial charge in [0, 0.05) is 19.6 Å². The lowest BCUT2D eigenvalue weighted by Crippen LogP contribution is -2.54. The first-order valence-electron chi connectivity index (χ1n) is 8.09. The predicted molar refractivity (Wildman–Crippen MR) is 84.7 cm³/mol. The maximum Gasteiger partial charge on any atom is 0.240 e. The summed E-state index contributed by atoms with van der Waals surface area (Å²) >= 11 is 0. The number of unbranched alkanes of at least 4 members (excludes halogenated alkanes) is 1. The highest BCUT2D eigenvalue weighted by molar-refractivity contribution is 5.84. The van der Waals surface area contributed by atoms with E-state index in [0.717, 1.165) is 32.2 Å². The molecule has 0 aromatic rings. The molecule has 1 aliphatic rings. The average Bonchev–Trinajstić information content (AvgIpc) is 2.45. The smallest absolute Gasteiger partial charge is 0.240 e. The van der Waals surface area contributed by atoms with E-state index in [4.69, 9.17) is 5.73 Å². The van der Waals surface area contributed by atoms with Gasteiger partial charge in [0.2, 0.25) is 11.8 Å². The van der Waals surface area contributed by atoms with E-state index in [1.807, 2.05) is 20.8 Å². The van der Waals surface area contributed by atoms with Crippen molar-refractivity contribution in [2.24, 2.45) is 17.1 Å². The van der Waals surface area contributed by atoms with Gasteiger partial charge in [-0.15, -0.1) is 0 Å². The summed E-state index contributed by atoms with van der Waals surface area (Å²) in [7, 11) is 0. The van der Waals surface area contributed by atoms with Gasteiger partial charge in [0.1, 0.15) is 0 Å². The third-order valence-electron chi connectivity index (χ3n) is 4.13. The number of piperidine rings is 1. The second kappa shape index (κ2) is 7.78. The molecular formula is C16H31N3O2. The molecule has 21 heavy (non-hydrogen) atoms. The van der Waals surface area contributed by atoms with E-state index in [-0.39, 0.29) is 23.1 Å². The summed E-state index contributed by atoms with van der Waals surface area (Å²) in [5, 5.41) is 2.96. The zero-order valence-corrected chi connectivity index (χ0v) is 13.9. The fourth-order valence-corrected chi connectivity index (χ4v) is 2.49. The van der Waals surface area contributed by atoms with Crippen molar-refractivity contribution in [1.82, 2.24) is 10.2 Å². The van der Waals surface area contributed by atoms with Crippen molar-refractivity contribution in [2.45, 2.75) is 59.4 Å². The summed E-state index contributed by atoms with van der Waals surface area (Å²) in [6.07, 6.45) is 3.78. The molecule has 0 radical (unpaired) electrons. The van der Waals surface area contributed by atoms with E-state index >= 15 is 0 Å². The lowest BCUT2D eigenvalue weighted by Gasteiger charge is -2.36. The van der Waals surface area contributed by atoms with Crippen molar-refractivity contribution in [3.05, 3.63) is 0 Å². The molecule has 5 nitrogen and oxygen atoms in total. The Bertz CT molecular complexity index is 363. The van der Waals surface area contributed by atoms with Crippen LogP contribution in [0.25, 0.3) is 0 Å². The van der Waals surface area contributed by atoms with E-state index in [1.54, 1.807) is 4.90 Å². The number of likely N-dealkylation sites (tertiary alicyclic amines) is 1. The Labute approximate surface area is 128 Å². The molecule has 0 aliphatic carbocycles. The van der Waals surface area contributed by atoms with Crippen LogP contribution in [0.15, 0.2) is 0 Å². The average molecular weight is 297 g/mol. The largest absolute Gasteiger partial charge is 0.356 e. The third kappa shape index (κ3) is 5.30. The van der Waals surface area contributed by atoms with Crippen molar-refractivity contribution in [2.75, 3.05) is 19.6 Å². The molecule has 122 valence electrons. The number of carbonyl (C=O) groups excluding carboxylic acids is 2. The Kier molecular flexibility index (Phi) is 6.65. The van der Waals surface area contributed by atoms with Gasteiger partial charge in [-0.25, -0.2) is 0 Å². The number of hydrogen-bond acceptors (Lipinski definition) is 3. The lowest BCUT2D eigenvalue weighted by atomic mass is 9.85. The van der Waals surface area contributed by atoms with Crippen LogP contribution >= 0.6 is 0 Å². The Balaban J connectivity index is 2.55. The second-order valence-electron chi connectivity index (χ2n) is 7.11. The first-order chi connectivity index (χ1) is 9.77. The number of rotatable bonds is 5. The van der Waals surface area contributed by atoms with Crippen LogP contribution in [0, 0.1) is 11.3 Å². The summed E-state index contributed by atoms with van der Waals surface area (Å²) < 4.78 is 0. The van der Waals surface area contributed by atoms with Crippen LogP contribution in [0.1, 0.15) is 53.4 Å². The van der Waals surface area contributed by atoms with Gasteiger partial charge in [0.25, 0.3) is 0 Å². The first-order valence-corrected chi connectivity index (χ1v) is 8.09. The van der Waals surface area contributed by atoms with Crippen molar-refractivity contribution in [3.8, 4) is 0 Å². The Morgan fingerprint density at radius 1 is 1.38 bits per heavy atom. The van der Waals surface area contributed by atoms with Gasteiger partial charge in [-0.05, 0) is 24.7 Å². The monoisotopic (exact) mass is 297 g/mol. The summed E-state index contributed by atoms with van der Waals surface area (Å²) in [4.78, 5) is 26.3. The molecule has 1 fully saturated rings. The van der Waals surface area contributed by atoms with Crippen LogP contribution in [-0.4, -0.2) is 42.4 Å². The zero-order valence-electron chi connectivity index (χ0n) is 13.9. The number of hydrogen-bond donors (Lipinski definition) is 2. The molecule has 0 aromatic heterocycles. The topological polar surface area (TPSA) is 75.4 Å². The molecule has 1 heterocycles. The van der Waals surface area contributed by atoms with Gasteiger partial charge in [0.05, 0.1) is 12.0 Å². The standard InChI is InChI=1S/C16H31N3O2/c1-5-6-9-18-14(20)12-8-7-10-19(11-12)15(21)13(17)16(2,3)4/h12-13H,5-11,17H2,1-4H3,(H,18,20)/t12?,13-/m1/s1. The highest BCUT2D eigenvalue weighted by atomic mass is 16.2. The molecule has 1 rings (SSSR count). The summed E-state index contributed by atoms with van der Waals surface area (Å²) in [5.74, 6) is -0.0504. The minimum Gasteiger partial charge on any atom is -0.356 e. The Hall–Kier alpha value is -1.10. The van der Waals surface area contributed by atoms with Crippen LogP contribution < -0.4 is 11.1 Å². The highest BCUT2D eigenvalue weighted by Gasteiger charge is 2.34. The van der Waals surface area contributed by atoms with Gasteiger partial charge in [-0.1, -0.05) is 34.1 Å². The molecule has 1 aliphatic heterocycles. The highest BCUT2D eigenvalue weighted by Crippen LogP contribution is 2.23. The molecule has 0 bridgehead atoms. The van der Waals surface area contributed by atoms with E-state index in [2.05, 4.69) is 12.2 Å². The van der Waals surface area contributed by atoms with E-state index in [9.17, 15) is 9.59 Å². The summed E-state index contributed by atoms with van der Waals surface area (Å²) in [6, 6.07) is -0.514. The number of carbonyl (C=O) groups is 2. The minimum absolute atomic E-state index is 0.0337. The quantitative estimate of drug-likeness (QED) is 0.755. The third-order valence-corrected chi connectivity index (χ3v) is 4.13. The summed E-state index contributed by atoms with van der Waals surface area (Å²) in [5.41, 5.74) is 5.80. The number of nitrogens with two attached hydrogens (primary N) is 1. The minimum atomic E-state index is -0.514. The van der Waals surface area contributed by atoms with Crippen molar-refractivity contribution in [3.63, 3.8) is 0 Å². The predicted octanol–water partition coefficient (Wildman–Crippen LogP) is 1.51. The number of amides is 2. The Morgan fingerprint density at radius 2 is 2.05 bits per heavy atom. The molecule has 0 spiro atoms. The lowest BCUT2D eigenvalue weighted by molar-refractivity contribution is -0.138. The van der Waals surface area contributed by atoms with Gasteiger partial charge >= 0.3 is 0 Å². The zero-order chi connectivity index (χ0) is 16.0. The fourth-order valence-electron chi connectivity index (χ4n) is 2.49. The van der Waals surface area contributed by atoms with Crippen LogP contribution in [-0.2, 0) is 9.59 Å². The van der Waals surface area contributed by atoms with Crippen LogP contribution in [0.3, 0.4) is 0 Å². The van der Waals surface area contributed by atoms with Crippen LogP contribution in [0.5, 0.6) is 0 Å². The van der Waals surface area contributed by atoms with Gasteiger partial charge in [0.15, 0.2) is 0 Å². The number of nitrogens with zero attached hydrogens (tertiary/aromatic N) is 1. The van der Waals surface area contributed by atoms with Crippen molar-refractivity contribution >= 4 is 11.8 Å². The summed E-state index contributed by atoms with van der Waals surface area (Å²) in [6.45, 7) is 9.93. The number of nitrogens with one attached hydrogen (secondary N) is 1. The molecule has 0 aromatic carbocycles. The van der Waals surface area contributed by atoms with E-state index in [0.29, 0.717) is 13.1 Å². The van der Waals surface area contributed by atoms with Crippen LogP contribution in [0.2, 0.25) is 0 Å². The molecule has 1 unspecified atom stereocenters. The molecule has 2 atom stereocenters. The van der Waals surface area contributed by atoms with E-state index < -0.39 is 6.04 Å². The molecule has 3 N–H and O–H groups in total. The maximum absolute atomic E-state index is 12.4. The van der Waals surface area contributed by atoms with Crippen molar-refractivity contribution in [1.29, 1.82) is 0 Å². The molecule has 2 amide bonds. The van der Waals surface area contributed by atoms with Gasteiger partial charge in [-0.3, -0.25) is 9.59 Å². The Morgan fingerprint density at radius 3 is 2.62 bits per heavy atom. The first kappa shape index (κ1) is 18.0. The normalized spacial score (nSPS) is 21.0. The second-order valence-corrected chi connectivity index (χ2v) is 7.11. The maximum atomic E-state index is 12.4.